The van der Waals surface area contributed by atoms with Crippen LogP contribution in [0.1, 0.15) is 44.6 Å². The molecule has 1 aliphatic heterocycles. The van der Waals surface area contributed by atoms with Crippen molar-refractivity contribution < 1.29 is 14.0 Å². The number of para-hydroxylation sites is 1. The summed E-state index contributed by atoms with van der Waals surface area (Å²) in [7, 11) is 0. The van der Waals surface area contributed by atoms with E-state index < -0.39 is 0 Å². The van der Waals surface area contributed by atoms with Crippen LogP contribution in [-0.2, 0) is 17.8 Å². The van der Waals surface area contributed by atoms with Crippen LogP contribution in [-0.4, -0.2) is 30.5 Å². The Morgan fingerprint density at radius 1 is 1.19 bits per heavy atom. The number of hydrogen-bond acceptors (Lipinski definition) is 5. The van der Waals surface area contributed by atoms with Gasteiger partial charge in [0.2, 0.25) is 0 Å². The molecule has 1 N–H and O–H groups in total. The first-order valence-electron chi connectivity index (χ1n) is 10.1. The van der Waals surface area contributed by atoms with Gasteiger partial charge in [-0.15, -0.1) is 0 Å². The van der Waals surface area contributed by atoms with Crippen LogP contribution in [0.4, 0.5) is 0 Å². The molecule has 146 valence electrons. The third-order valence-electron chi connectivity index (χ3n) is 6.32. The lowest BCUT2D eigenvalue weighted by Gasteiger charge is -2.54. The van der Waals surface area contributed by atoms with Crippen LogP contribution in [0.15, 0.2) is 40.9 Å². The zero-order valence-electron chi connectivity index (χ0n) is 16.3. The van der Waals surface area contributed by atoms with Crippen LogP contribution >= 0.6 is 0 Å². The van der Waals surface area contributed by atoms with Crippen LogP contribution in [0, 0.1) is 11.3 Å². The minimum atomic E-state index is 0.276. The maximum absolute atomic E-state index is 5.74. The van der Waals surface area contributed by atoms with Gasteiger partial charge in [-0.2, -0.15) is 0 Å². The van der Waals surface area contributed by atoms with Gasteiger partial charge in [-0.25, -0.2) is 0 Å². The highest BCUT2D eigenvalue weighted by atomic mass is 16.5. The van der Waals surface area contributed by atoms with Crippen LogP contribution in [0.3, 0.4) is 0 Å². The molecule has 1 aliphatic carbocycles. The maximum Gasteiger partial charge on any atom is 0.174 e. The van der Waals surface area contributed by atoms with E-state index in [-0.39, 0.29) is 5.41 Å². The summed E-state index contributed by atoms with van der Waals surface area (Å²) in [5, 5.41) is 8.13. The van der Waals surface area contributed by atoms with Gasteiger partial charge in [0.25, 0.3) is 0 Å². The van der Waals surface area contributed by atoms with Crippen LogP contribution in [0.25, 0.3) is 0 Å². The Kier molecular flexibility index (Phi) is 5.50. The number of ether oxygens (including phenoxy) is 2. The average molecular weight is 370 g/mol. The molecule has 2 fully saturated rings. The summed E-state index contributed by atoms with van der Waals surface area (Å²) in [6.45, 7) is 6.94. The second kappa shape index (κ2) is 8.03. The third-order valence-corrected chi connectivity index (χ3v) is 6.32. The third kappa shape index (κ3) is 4.36. The van der Waals surface area contributed by atoms with E-state index in [1.54, 1.807) is 0 Å². The number of hydrogen-bond donors (Lipinski definition) is 1. The lowest BCUT2D eigenvalue weighted by atomic mass is 9.57. The number of benzene rings is 1. The average Bonchev–Trinajstić information content (AvgIpc) is 3.15. The predicted octanol–water partition coefficient (Wildman–Crippen LogP) is 3.98. The first-order chi connectivity index (χ1) is 13.1. The fourth-order valence-corrected chi connectivity index (χ4v) is 4.24. The van der Waals surface area contributed by atoms with Gasteiger partial charge in [-0.3, -0.25) is 0 Å². The van der Waals surface area contributed by atoms with Gasteiger partial charge in [0.1, 0.15) is 12.4 Å². The highest BCUT2D eigenvalue weighted by molar-refractivity contribution is 5.21. The van der Waals surface area contributed by atoms with Crippen molar-refractivity contribution >= 4 is 0 Å². The summed E-state index contributed by atoms with van der Waals surface area (Å²) in [6, 6.07) is 13.0. The standard InChI is InChI=1S/C22H30N2O3/c1-22(2)16(13-21(22)23-17-8-10-25-11-9-17)12-18-14-20(27-24-18)15-26-19-6-4-3-5-7-19/h3-7,14,16-17,21,23H,8-13,15H2,1-2H3/t16-,21+/m1/s1. The number of nitrogens with one attached hydrogen (secondary N) is 1. The molecule has 0 spiro atoms. The van der Waals surface area contributed by atoms with E-state index >= 15 is 0 Å². The molecule has 2 aliphatic rings. The largest absolute Gasteiger partial charge is 0.486 e. The van der Waals surface area contributed by atoms with Crippen LogP contribution in [0.5, 0.6) is 5.75 Å². The number of rotatable bonds is 7. The molecule has 27 heavy (non-hydrogen) atoms. The molecule has 1 saturated carbocycles. The maximum atomic E-state index is 5.74. The lowest BCUT2D eigenvalue weighted by molar-refractivity contribution is -0.00757. The van der Waals surface area contributed by atoms with E-state index in [0.717, 1.165) is 49.7 Å². The van der Waals surface area contributed by atoms with Crippen molar-refractivity contribution in [2.75, 3.05) is 13.2 Å². The summed E-state index contributed by atoms with van der Waals surface area (Å²) in [4.78, 5) is 0. The molecular formula is C22H30N2O3. The Morgan fingerprint density at radius 2 is 1.96 bits per heavy atom. The summed E-state index contributed by atoms with van der Waals surface area (Å²) in [6.07, 6.45) is 4.43. The molecule has 1 aromatic carbocycles. The van der Waals surface area contributed by atoms with Crippen molar-refractivity contribution in [1.29, 1.82) is 0 Å². The Balaban J connectivity index is 1.26. The van der Waals surface area contributed by atoms with E-state index in [9.17, 15) is 0 Å². The molecule has 5 nitrogen and oxygen atoms in total. The molecule has 0 unspecified atom stereocenters. The monoisotopic (exact) mass is 370 g/mol. The Labute approximate surface area is 161 Å². The summed E-state index contributed by atoms with van der Waals surface area (Å²) >= 11 is 0. The van der Waals surface area contributed by atoms with Gasteiger partial charge in [0.05, 0.1) is 5.69 Å². The van der Waals surface area contributed by atoms with Gasteiger partial charge in [-0.05, 0) is 49.1 Å². The van der Waals surface area contributed by atoms with Crippen molar-refractivity contribution in [3.63, 3.8) is 0 Å². The van der Waals surface area contributed by atoms with Gasteiger partial charge < -0.3 is 19.3 Å². The molecule has 2 atom stereocenters. The summed E-state index contributed by atoms with van der Waals surface area (Å²) < 4.78 is 16.7. The van der Waals surface area contributed by atoms with Crippen molar-refractivity contribution in [2.45, 2.75) is 58.2 Å². The van der Waals surface area contributed by atoms with Crippen LogP contribution < -0.4 is 10.1 Å². The highest BCUT2D eigenvalue weighted by Gasteiger charge is 2.48. The van der Waals surface area contributed by atoms with Gasteiger partial charge in [-0.1, -0.05) is 37.2 Å². The summed E-state index contributed by atoms with van der Waals surface area (Å²) in [5.74, 6) is 2.25. The second-order valence-electron chi connectivity index (χ2n) is 8.45. The lowest BCUT2D eigenvalue weighted by Crippen LogP contribution is -2.60. The molecule has 0 amide bonds. The fraction of sp³-hybridized carbons (Fsp3) is 0.591. The predicted molar refractivity (Wildman–Crippen MR) is 104 cm³/mol. The van der Waals surface area contributed by atoms with Gasteiger partial charge in [0, 0.05) is 31.4 Å². The van der Waals surface area contributed by atoms with E-state index in [1.165, 1.54) is 6.42 Å². The summed E-state index contributed by atoms with van der Waals surface area (Å²) in [5.41, 5.74) is 1.31. The van der Waals surface area contributed by atoms with Crippen molar-refractivity contribution in [3.8, 4) is 5.75 Å². The highest BCUT2D eigenvalue weighted by Crippen LogP contribution is 2.48. The minimum absolute atomic E-state index is 0.276. The number of nitrogens with zero attached hydrogens (tertiary/aromatic N) is 1. The van der Waals surface area contributed by atoms with Crippen LogP contribution in [0.2, 0.25) is 0 Å². The molecule has 1 aromatic heterocycles. The zero-order valence-corrected chi connectivity index (χ0v) is 16.3. The van der Waals surface area contributed by atoms with E-state index in [1.807, 2.05) is 36.4 Å². The second-order valence-corrected chi connectivity index (χ2v) is 8.45. The Bertz CT molecular complexity index is 722. The van der Waals surface area contributed by atoms with Crippen molar-refractivity contribution in [2.24, 2.45) is 11.3 Å². The quantitative estimate of drug-likeness (QED) is 0.799. The number of aromatic nitrogens is 1. The van der Waals surface area contributed by atoms with E-state index in [4.69, 9.17) is 14.0 Å². The normalized spacial score (nSPS) is 25.1. The molecule has 0 radical (unpaired) electrons. The molecule has 5 heteroatoms. The van der Waals surface area contributed by atoms with Gasteiger partial charge >= 0.3 is 0 Å². The van der Waals surface area contributed by atoms with Crippen molar-refractivity contribution in [1.82, 2.24) is 10.5 Å². The smallest absolute Gasteiger partial charge is 0.174 e. The van der Waals surface area contributed by atoms with Gasteiger partial charge in [0.15, 0.2) is 5.76 Å². The van der Waals surface area contributed by atoms with E-state index in [2.05, 4.69) is 24.3 Å². The van der Waals surface area contributed by atoms with Crippen molar-refractivity contribution in [3.05, 3.63) is 47.9 Å². The molecule has 2 aromatic rings. The zero-order chi connectivity index (χ0) is 18.7. The molecular weight excluding hydrogens is 340 g/mol. The molecule has 4 rings (SSSR count). The first-order valence-corrected chi connectivity index (χ1v) is 10.1. The fourth-order valence-electron chi connectivity index (χ4n) is 4.24. The first kappa shape index (κ1) is 18.5. The Hall–Kier alpha value is -1.85. The molecule has 2 heterocycles. The SMILES string of the molecule is CC1(C)[C@H](Cc2cc(COc3ccccc3)on2)C[C@@H]1NC1CCOCC1. The molecule has 1 saturated heterocycles. The minimum Gasteiger partial charge on any atom is -0.486 e. The molecule has 0 bridgehead atoms. The van der Waals surface area contributed by atoms with E-state index in [0.29, 0.717) is 24.6 Å². The topological polar surface area (TPSA) is 56.5 Å². The Morgan fingerprint density at radius 3 is 2.70 bits per heavy atom.